The molecule has 12 heavy (non-hydrogen) atoms. The lowest BCUT2D eigenvalue weighted by atomic mass is 10.1. The molecule has 0 saturated heterocycles. The van der Waals surface area contributed by atoms with E-state index in [-0.39, 0.29) is 0 Å². The molecular formula is C12H13. The minimum atomic E-state index is 1.20. The van der Waals surface area contributed by atoms with Crippen molar-refractivity contribution in [1.29, 1.82) is 0 Å². The van der Waals surface area contributed by atoms with Gasteiger partial charge in [0.1, 0.15) is 0 Å². The molecule has 0 aliphatic rings. The predicted octanol–water partition coefficient (Wildman–Crippen LogP) is 3.55. The molecule has 0 aliphatic heterocycles. The highest BCUT2D eigenvalue weighted by molar-refractivity contribution is 5.57. The van der Waals surface area contributed by atoms with Crippen molar-refractivity contribution in [2.75, 3.05) is 0 Å². The van der Waals surface area contributed by atoms with E-state index in [2.05, 4.69) is 24.3 Å². The van der Waals surface area contributed by atoms with Crippen LogP contribution in [-0.4, -0.2) is 0 Å². The minimum Gasteiger partial charge on any atom is -0.0871 e. The van der Waals surface area contributed by atoms with Gasteiger partial charge in [-0.3, -0.25) is 0 Å². The summed E-state index contributed by atoms with van der Waals surface area (Å²) in [5, 5.41) is 0. The van der Waals surface area contributed by atoms with Gasteiger partial charge < -0.3 is 0 Å². The third kappa shape index (κ3) is 2.39. The molecule has 0 atom stereocenters. The molecule has 61 valence electrons. The zero-order valence-corrected chi connectivity index (χ0v) is 7.54. The van der Waals surface area contributed by atoms with E-state index < -0.39 is 0 Å². The Morgan fingerprint density at radius 1 is 1.00 bits per heavy atom. The largest absolute Gasteiger partial charge is 0.0871 e. The van der Waals surface area contributed by atoms with Crippen molar-refractivity contribution in [3.63, 3.8) is 0 Å². The standard InChI is InChI=1S/C12H13/c1-3-6-11-8-5-9-12(10-11)7-4-2/h3-4,6-10H,1-2H3/b6-3-,7-4-. The molecule has 0 saturated carbocycles. The summed E-state index contributed by atoms with van der Waals surface area (Å²) in [5.41, 5.74) is 2.40. The summed E-state index contributed by atoms with van der Waals surface area (Å²) < 4.78 is 0. The topological polar surface area (TPSA) is 0 Å². The Labute approximate surface area is 74.2 Å². The Morgan fingerprint density at radius 3 is 1.92 bits per heavy atom. The Kier molecular flexibility index (Phi) is 3.34. The van der Waals surface area contributed by atoms with Gasteiger partial charge in [-0.1, -0.05) is 24.3 Å². The summed E-state index contributed by atoms with van der Waals surface area (Å²) >= 11 is 0. The summed E-state index contributed by atoms with van der Waals surface area (Å²) in [5.74, 6) is 0. The smallest absolute Gasteiger partial charge is 0.0172 e. The second kappa shape index (κ2) is 4.55. The SMILES string of the molecule is C/C=C\c1c[c]cc(/C=C\C)c1. The van der Waals surface area contributed by atoms with Crippen molar-refractivity contribution < 1.29 is 0 Å². The van der Waals surface area contributed by atoms with Crippen LogP contribution in [0.15, 0.2) is 30.4 Å². The molecule has 1 rings (SSSR count). The first-order chi connectivity index (χ1) is 5.86. The average molecular weight is 157 g/mol. The Hall–Kier alpha value is -1.30. The van der Waals surface area contributed by atoms with Gasteiger partial charge in [-0.05, 0) is 49.2 Å². The molecule has 0 bridgehead atoms. The van der Waals surface area contributed by atoms with Crippen molar-refractivity contribution in [1.82, 2.24) is 0 Å². The quantitative estimate of drug-likeness (QED) is 0.615. The molecule has 0 aromatic heterocycles. The lowest BCUT2D eigenvalue weighted by molar-refractivity contribution is 1.59. The second-order valence-corrected chi connectivity index (χ2v) is 2.60. The van der Waals surface area contributed by atoms with Gasteiger partial charge in [-0.2, -0.15) is 0 Å². The second-order valence-electron chi connectivity index (χ2n) is 2.60. The summed E-state index contributed by atoms with van der Waals surface area (Å²) in [6.07, 6.45) is 8.21. The lowest BCUT2D eigenvalue weighted by Crippen LogP contribution is -1.74. The summed E-state index contributed by atoms with van der Waals surface area (Å²) in [7, 11) is 0. The summed E-state index contributed by atoms with van der Waals surface area (Å²) in [4.78, 5) is 0. The first-order valence-electron chi connectivity index (χ1n) is 4.13. The van der Waals surface area contributed by atoms with E-state index in [9.17, 15) is 0 Å². The van der Waals surface area contributed by atoms with Crippen molar-refractivity contribution in [3.05, 3.63) is 47.5 Å². The lowest BCUT2D eigenvalue weighted by Gasteiger charge is -1.94. The van der Waals surface area contributed by atoms with Crippen LogP contribution in [0.5, 0.6) is 0 Å². The first-order valence-corrected chi connectivity index (χ1v) is 4.13. The van der Waals surface area contributed by atoms with Gasteiger partial charge >= 0.3 is 0 Å². The van der Waals surface area contributed by atoms with E-state index in [1.54, 1.807) is 0 Å². The van der Waals surface area contributed by atoms with E-state index >= 15 is 0 Å². The van der Waals surface area contributed by atoms with Gasteiger partial charge in [-0.15, -0.1) is 0 Å². The number of rotatable bonds is 2. The molecule has 0 fully saturated rings. The molecule has 0 unspecified atom stereocenters. The third-order valence-corrected chi connectivity index (χ3v) is 1.55. The fraction of sp³-hybridized carbons (Fsp3) is 0.167. The number of hydrogen-bond donors (Lipinski definition) is 0. The fourth-order valence-electron chi connectivity index (χ4n) is 1.09. The van der Waals surface area contributed by atoms with Crippen molar-refractivity contribution in [2.45, 2.75) is 13.8 Å². The molecular weight excluding hydrogens is 144 g/mol. The van der Waals surface area contributed by atoms with Crippen LogP contribution in [0.3, 0.4) is 0 Å². The molecule has 1 aromatic carbocycles. The minimum absolute atomic E-state index is 1.20. The molecule has 1 radical (unpaired) electrons. The molecule has 0 heterocycles. The zero-order chi connectivity index (χ0) is 8.81. The Balaban J connectivity index is 2.95. The predicted molar refractivity (Wildman–Crippen MR) is 54.7 cm³/mol. The zero-order valence-electron chi connectivity index (χ0n) is 7.54. The van der Waals surface area contributed by atoms with Gasteiger partial charge in [0.15, 0.2) is 0 Å². The summed E-state index contributed by atoms with van der Waals surface area (Å²) in [6, 6.07) is 9.19. The van der Waals surface area contributed by atoms with Gasteiger partial charge in [0, 0.05) is 0 Å². The van der Waals surface area contributed by atoms with E-state index in [0.717, 1.165) is 0 Å². The third-order valence-electron chi connectivity index (χ3n) is 1.55. The molecule has 1 aromatic rings. The van der Waals surface area contributed by atoms with Crippen LogP contribution in [0.4, 0.5) is 0 Å². The van der Waals surface area contributed by atoms with Gasteiger partial charge in [-0.25, -0.2) is 0 Å². The normalized spacial score (nSPS) is 11.5. The highest BCUT2D eigenvalue weighted by Gasteiger charge is 1.87. The van der Waals surface area contributed by atoms with Crippen LogP contribution >= 0.6 is 0 Å². The average Bonchev–Trinajstić information content (AvgIpc) is 2.06. The van der Waals surface area contributed by atoms with E-state index in [0.29, 0.717) is 0 Å². The van der Waals surface area contributed by atoms with Crippen LogP contribution in [-0.2, 0) is 0 Å². The van der Waals surface area contributed by atoms with E-state index in [1.165, 1.54) is 11.1 Å². The maximum atomic E-state index is 3.10. The van der Waals surface area contributed by atoms with E-state index in [4.69, 9.17) is 0 Å². The van der Waals surface area contributed by atoms with Crippen LogP contribution in [0.2, 0.25) is 0 Å². The van der Waals surface area contributed by atoms with E-state index in [1.807, 2.05) is 38.1 Å². The highest BCUT2D eigenvalue weighted by Crippen LogP contribution is 2.07. The molecule has 0 amide bonds. The van der Waals surface area contributed by atoms with Crippen LogP contribution in [0, 0.1) is 6.07 Å². The van der Waals surface area contributed by atoms with Crippen LogP contribution in [0.25, 0.3) is 12.2 Å². The Morgan fingerprint density at radius 2 is 1.50 bits per heavy atom. The monoisotopic (exact) mass is 157 g/mol. The van der Waals surface area contributed by atoms with Gasteiger partial charge in [0.25, 0.3) is 0 Å². The number of benzene rings is 1. The molecule has 0 heteroatoms. The maximum absolute atomic E-state index is 3.10. The highest BCUT2D eigenvalue weighted by atomic mass is 13.9. The molecule has 0 aliphatic carbocycles. The van der Waals surface area contributed by atoms with Crippen LogP contribution < -0.4 is 0 Å². The maximum Gasteiger partial charge on any atom is -0.0172 e. The Bertz CT molecular complexity index is 265. The van der Waals surface area contributed by atoms with Gasteiger partial charge in [0.2, 0.25) is 0 Å². The first kappa shape index (κ1) is 8.79. The number of hydrogen-bond acceptors (Lipinski definition) is 0. The molecule has 0 N–H and O–H groups in total. The number of allylic oxidation sites excluding steroid dienone is 2. The fourth-order valence-corrected chi connectivity index (χ4v) is 1.09. The van der Waals surface area contributed by atoms with Crippen molar-refractivity contribution in [3.8, 4) is 0 Å². The van der Waals surface area contributed by atoms with Crippen molar-refractivity contribution in [2.24, 2.45) is 0 Å². The molecule has 0 nitrogen and oxygen atoms in total. The van der Waals surface area contributed by atoms with Crippen molar-refractivity contribution >= 4 is 12.2 Å². The van der Waals surface area contributed by atoms with Gasteiger partial charge in [0.05, 0.1) is 0 Å². The molecule has 0 spiro atoms. The van der Waals surface area contributed by atoms with Crippen LogP contribution in [0.1, 0.15) is 25.0 Å². The summed E-state index contributed by atoms with van der Waals surface area (Å²) in [6.45, 7) is 4.03.